The van der Waals surface area contributed by atoms with E-state index in [1.807, 2.05) is 20.8 Å². The van der Waals surface area contributed by atoms with Crippen LogP contribution in [0.25, 0.3) is 0 Å². The van der Waals surface area contributed by atoms with Crippen molar-refractivity contribution < 1.29 is 28.5 Å². The maximum atomic E-state index is 12.0. The first-order valence-electron chi connectivity index (χ1n) is 7.14. The third-order valence-corrected chi connectivity index (χ3v) is 2.62. The first-order chi connectivity index (χ1) is 9.81. The number of morpholine rings is 1. The fraction of sp³-hybridized carbons (Fsp3) is 0.857. The first kappa shape index (κ1) is 17.7. The maximum absolute atomic E-state index is 12.0. The Morgan fingerprint density at radius 1 is 1.33 bits per heavy atom. The molecule has 1 atom stereocenters. The fourth-order valence-electron chi connectivity index (χ4n) is 1.79. The summed E-state index contributed by atoms with van der Waals surface area (Å²) in [7, 11) is 0. The molecule has 0 aromatic rings. The van der Waals surface area contributed by atoms with E-state index in [4.69, 9.17) is 18.9 Å². The van der Waals surface area contributed by atoms with E-state index in [0.717, 1.165) is 0 Å². The SMILES string of the molecule is CCOC(=O)COC[C@@H]1CN(C(=O)OC(C)(C)C)CCO1. The van der Waals surface area contributed by atoms with Gasteiger partial charge in [-0.1, -0.05) is 0 Å². The molecule has 1 saturated heterocycles. The van der Waals surface area contributed by atoms with Crippen LogP contribution in [0.1, 0.15) is 27.7 Å². The van der Waals surface area contributed by atoms with Crippen molar-refractivity contribution in [1.29, 1.82) is 0 Å². The Bertz CT molecular complexity index is 352. The molecule has 1 aliphatic heterocycles. The molecule has 1 amide bonds. The Balaban J connectivity index is 2.32. The van der Waals surface area contributed by atoms with Crippen LogP contribution in [0.15, 0.2) is 0 Å². The van der Waals surface area contributed by atoms with Crippen LogP contribution in [0.2, 0.25) is 0 Å². The number of carbonyl (C=O) groups is 2. The molecule has 1 rings (SSSR count). The highest BCUT2D eigenvalue weighted by atomic mass is 16.6. The Labute approximate surface area is 125 Å². The van der Waals surface area contributed by atoms with Gasteiger partial charge in [-0.15, -0.1) is 0 Å². The van der Waals surface area contributed by atoms with Crippen molar-refractivity contribution in [2.24, 2.45) is 0 Å². The lowest BCUT2D eigenvalue weighted by atomic mass is 10.2. The number of rotatable bonds is 5. The quantitative estimate of drug-likeness (QED) is 0.711. The molecular weight excluding hydrogens is 278 g/mol. The molecule has 0 unspecified atom stereocenters. The van der Waals surface area contributed by atoms with E-state index in [0.29, 0.717) is 26.3 Å². The highest BCUT2D eigenvalue weighted by molar-refractivity contribution is 5.70. The largest absolute Gasteiger partial charge is 0.464 e. The molecule has 122 valence electrons. The van der Waals surface area contributed by atoms with E-state index >= 15 is 0 Å². The Morgan fingerprint density at radius 3 is 2.67 bits per heavy atom. The minimum atomic E-state index is -0.523. The summed E-state index contributed by atoms with van der Waals surface area (Å²) in [5.74, 6) is -0.405. The second kappa shape index (κ2) is 8.19. The molecule has 21 heavy (non-hydrogen) atoms. The highest BCUT2D eigenvalue weighted by Crippen LogP contribution is 2.13. The van der Waals surface area contributed by atoms with Gasteiger partial charge in [-0.2, -0.15) is 0 Å². The summed E-state index contributed by atoms with van der Waals surface area (Å²) >= 11 is 0. The lowest BCUT2D eigenvalue weighted by Crippen LogP contribution is -2.48. The lowest BCUT2D eigenvalue weighted by molar-refractivity contribution is -0.150. The summed E-state index contributed by atoms with van der Waals surface area (Å²) in [4.78, 5) is 24.7. The molecule has 0 spiro atoms. The van der Waals surface area contributed by atoms with Crippen LogP contribution >= 0.6 is 0 Å². The zero-order chi connectivity index (χ0) is 15.9. The molecule has 7 nitrogen and oxygen atoms in total. The number of carbonyl (C=O) groups excluding carboxylic acids is 2. The van der Waals surface area contributed by atoms with Gasteiger partial charge in [-0.25, -0.2) is 9.59 Å². The van der Waals surface area contributed by atoms with Crippen molar-refractivity contribution in [2.45, 2.75) is 39.4 Å². The fourth-order valence-corrected chi connectivity index (χ4v) is 1.79. The minimum absolute atomic E-state index is 0.111. The van der Waals surface area contributed by atoms with Crippen LogP contribution in [0, 0.1) is 0 Å². The van der Waals surface area contributed by atoms with Gasteiger partial charge in [0.1, 0.15) is 12.2 Å². The van der Waals surface area contributed by atoms with E-state index in [9.17, 15) is 9.59 Å². The normalized spacial score (nSPS) is 19.2. The maximum Gasteiger partial charge on any atom is 0.410 e. The number of nitrogens with zero attached hydrogens (tertiary/aromatic N) is 1. The summed E-state index contributed by atoms with van der Waals surface area (Å²) in [6, 6.07) is 0. The zero-order valence-electron chi connectivity index (χ0n) is 13.2. The monoisotopic (exact) mass is 303 g/mol. The standard InChI is InChI=1S/C14H25NO6/c1-5-19-12(16)10-18-9-11-8-15(6-7-20-11)13(17)21-14(2,3)4/h11H,5-10H2,1-4H3/t11-/m0/s1. The van der Waals surface area contributed by atoms with Crippen molar-refractivity contribution in [3.63, 3.8) is 0 Å². The van der Waals surface area contributed by atoms with Gasteiger partial charge in [0.2, 0.25) is 0 Å². The predicted octanol–water partition coefficient (Wildman–Crippen LogP) is 1.20. The number of ether oxygens (including phenoxy) is 4. The molecule has 0 aromatic carbocycles. The second-order valence-corrected chi connectivity index (χ2v) is 5.74. The van der Waals surface area contributed by atoms with Gasteiger partial charge in [0, 0.05) is 6.54 Å². The third kappa shape index (κ3) is 7.29. The van der Waals surface area contributed by atoms with Crippen LogP contribution in [0.3, 0.4) is 0 Å². The van der Waals surface area contributed by atoms with Crippen molar-refractivity contribution >= 4 is 12.1 Å². The lowest BCUT2D eigenvalue weighted by Gasteiger charge is -2.34. The topological polar surface area (TPSA) is 74.3 Å². The summed E-state index contributed by atoms with van der Waals surface area (Å²) in [5.41, 5.74) is -0.523. The molecule has 0 aliphatic carbocycles. The molecule has 0 bridgehead atoms. The zero-order valence-corrected chi connectivity index (χ0v) is 13.2. The van der Waals surface area contributed by atoms with Crippen LogP contribution in [-0.2, 0) is 23.7 Å². The van der Waals surface area contributed by atoms with Crippen LogP contribution in [-0.4, -0.2) is 68.2 Å². The van der Waals surface area contributed by atoms with Gasteiger partial charge in [0.05, 0.1) is 32.5 Å². The van der Waals surface area contributed by atoms with Gasteiger partial charge < -0.3 is 23.8 Å². The van der Waals surface area contributed by atoms with Crippen molar-refractivity contribution in [1.82, 2.24) is 4.90 Å². The predicted molar refractivity (Wildman–Crippen MR) is 75.0 cm³/mol. The molecule has 0 aromatic heterocycles. The van der Waals surface area contributed by atoms with E-state index in [1.165, 1.54) is 0 Å². The summed E-state index contributed by atoms with van der Waals surface area (Å²) < 4.78 is 20.8. The number of amides is 1. The number of hydrogen-bond acceptors (Lipinski definition) is 6. The van der Waals surface area contributed by atoms with Crippen molar-refractivity contribution in [2.75, 3.05) is 39.5 Å². The van der Waals surface area contributed by atoms with Gasteiger partial charge in [0.25, 0.3) is 0 Å². The van der Waals surface area contributed by atoms with Crippen LogP contribution in [0.5, 0.6) is 0 Å². The van der Waals surface area contributed by atoms with Gasteiger partial charge in [-0.05, 0) is 27.7 Å². The molecule has 0 radical (unpaired) electrons. The van der Waals surface area contributed by atoms with Crippen molar-refractivity contribution in [3.05, 3.63) is 0 Å². The molecule has 1 aliphatic rings. The summed E-state index contributed by atoms with van der Waals surface area (Å²) in [6.45, 7) is 8.96. The van der Waals surface area contributed by atoms with Crippen LogP contribution < -0.4 is 0 Å². The van der Waals surface area contributed by atoms with E-state index in [-0.39, 0.29) is 25.4 Å². The minimum Gasteiger partial charge on any atom is -0.464 e. The van der Waals surface area contributed by atoms with Gasteiger partial charge in [-0.3, -0.25) is 0 Å². The van der Waals surface area contributed by atoms with E-state index < -0.39 is 11.6 Å². The summed E-state index contributed by atoms with van der Waals surface area (Å²) in [5, 5.41) is 0. The van der Waals surface area contributed by atoms with E-state index in [1.54, 1.807) is 11.8 Å². The molecule has 0 N–H and O–H groups in total. The molecule has 1 heterocycles. The Hall–Kier alpha value is -1.34. The average Bonchev–Trinajstić information content (AvgIpc) is 2.37. The molecule has 0 saturated carbocycles. The van der Waals surface area contributed by atoms with Crippen LogP contribution in [0.4, 0.5) is 4.79 Å². The van der Waals surface area contributed by atoms with E-state index in [2.05, 4.69) is 0 Å². The molecular formula is C14H25NO6. The summed E-state index contributed by atoms with van der Waals surface area (Å²) in [6.07, 6.45) is -0.623. The van der Waals surface area contributed by atoms with Crippen molar-refractivity contribution in [3.8, 4) is 0 Å². The first-order valence-corrected chi connectivity index (χ1v) is 7.14. The second-order valence-electron chi connectivity index (χ2n) is 5.74. The Kier molecular flexibility index (Phi) is 6.91. The Morgan fingerprint density at radius 2 is 2.05 bits per heavy atom. The third-order valence-electron chi connectivity index (χ3n) is 2.62. The smallest absolute Gasteiger partial charge is 0.410 e. The highest BCUT2D eigenvalue weighted by Gasteiger charge is 2.28. The molecule has 1 fully saturated rings. The number of esters is 1. The van der Waals surface area contributed by atoms with Gasteiger partial charge in [0.15, 0.2) is 0 Å². The van der Waals surface area contributed by atoms with Gasteiger partial charge >= 0.3 is 12.1 Å². The number of hydrogen-bond donors (Lipinski definition) is 0. The molecule has 7 heteroatoms. The average molecular weight is 303 g/mol.